The standard InChI is InChI=1S/C46H29N3S/c1-3-13-30(14-4-1)31-23-25-32(26-24-31)43-47-44(33-27-28-38-37-19-9-12-22-41(37)50-42(38)29-33)49-45(48-43)46(34-15-5-2-6-16-34)39-20-10-7-17-35(39)36-18-8-11-21-40(36)46/h1-29H. The molecule has 7 aromatic carbocycles. The summed E-state index contributed by atoms with van der Waals surface area (Å²) in [5, 5.41) is 2.52. The SMILES string of the molecule is c1ccc(-c2ccc(-c3nc(-c4ccc5c(c4)sc4ccccc45)nc(C4(c5ccccc5)c5ccccc5-c5ccccc54)n3)cc2)cc1. The molecule has 50 heavy (non-hydrogen) atoms. The van der Waals surface area contributed by atoms with Gasteiger partial charge in [-0.3, -0.25) is 0 Å². The van der Waals surface area contributed by atoms with E-state index >= 15 is 0 Å². The number of benzene rings is 7. The summed E-state index contributed by atoms with van der Waals surface area (Å²) in [4.78, 5) is 16.1. The van der Waals surface area contributed by atoms with Gasteiger partial charge in [0.05, 0.1) is 0 Å². The van der Waals surface area contributed by atoms with E-state index in [9.17, 15) is 0 Å². The molecule has 3 nitrogen and oxygen atoms in total. The van der Waals surface area contributed by atoms with Gasteiger partial charge < -0.3 is 0 Å². The van der Waals surface area contributed by atoms with Crippen LogP contribution in [0.2, 0.25) is 0 Å². The summed E-state index contributed by atoms with van der Waals surface area (Å²) >= 11 is 1.81. The molecule has 2 heterocycles. The Morgan fingerprint density at radius 3 is 1.62 bits per heavy atom. The second-order valence-corrected chi connectivity index (χ2v) is 13.8. The minimum absolute atomic E-state index is 0.651. The molecule has 0 atom stereocenters. The molecular weight excluding hydrogens is 627 g/mol. The fraction of sp³-hybridized carbons (Fsp3) is 0.0217. The lowest BCUT2D eigenvalue weighted by Gasteiger charge is -2.32. The van der Waals surface area contributed by atoms with Crippen molar-refractivity contribution in [3.05, 3.63) is 198 Å². The van der Waals surface area contributed by atoms with E-state index in [2.05, 4.69) is 170 Å². The van der Waals surface area contributed by atoms with Gasteiger partial charge in [-0.1, -0.05) is 164 Å². The largest absolute Gasteiger partial charge is 0.211 e. The number of aromatic nitrogens is 3. The summed E-state index contributed by atoms with van der Waals surface area (Å²) in [6, 6.07) is 62.4. The van der Waals surface area contributed by atoms with Crippen LogP contribution in [0, 0.1) is 0 Å². The highest BCUT2D eigenvalue weighted by atomic mass is 32.1. The van der Waals surface area contributed by atoms with Gasteiger partial charge in [-0.2, -0.15) is 0 Å². The molecule has 4 heteroatoms. The molecule has 234 valence electrons. The fourth-order valence-electron chi connectivity index (χ4n) is 7.71. The van der Waals surface area contributed by atoms with E-state index in [1.807, 2.05) is 6.07 Å². The van der Waals surface area contributed by atoms with Crippen molar-refractivity contribution < 1.29 is 0 Å². The fourth-order valence-corrected chi connectivity index (χ4v) is 8.86. The van der Waals surface area contributed by atoms with Crippen molar-refractivity contribution >= 4 is 31.5 Å². The molecule has 10 rings (SSSR count). The van der Waals surface area contributed by atoms with Crippen molar-refractivity contribution in [1.82, 2.24) is 15.0 Å². The van der Waals surface area contributed by atoms with E-state index in [4.69, 9.17) is 15.0 Å². The third kappa shape index (κ3) is 4.39. The number of fused-ring (bicyclic) bond motifs is 6. The predicted molar refractivity (Wildman–Crippen MR) is 206 cm³/mol. The Kier molecular flexibility index (Phi) is 6.58. The first-order valence-electron chi connectivity index (χ1n) is 16.9. The zero-order chi connectivity index (χ0) is 33.1. The molecule has 1 aliphatic rings. The molecule has 0 N–H and O–H groups in total. The van der Waals surface area contributed by atoms with Crippen LogP contribution in [0.3, 0.4) is 0 Å². The van der Waals surface area contributed by atoms with Crippen LogP contribution in [-0.4, -0.2) is 15.0 Å². The maximum Gasteiger partial charge on any atom is 0.163 e. The van der Waals surface area contributed by atoms with Crippen LogP contribution >= 0.6 is 11.3 Å². The molecule has 0 radical (unpaired) electrons. The monoisotopic (exact) mass is 655 g/mol. The molecule has 0 saturated carbocycles. The van der Waals surface area contributed by atoms with Gasteiger partial charge in [-0.15, -0.1) is 11.3 Å². The number of rotatable bonds is 5. The van der Waals surface area contributed by atoms with Gasteiger partial charge in [0.1, 0.15) is 5.41 Å². The number of nitrogens with zero attached hydrogens (tertiary/aromatic N) is 3. The molecule has 0 saturated heterocycles. The number of thiophene rings is 1. The average Bonchev–Trinajstić information content (AvgIpc) is 3.72. The van der Waals surface area contributed by atoms with Crippen molar-refractivity contribution in [3.63, 3.8) is 0 Å². The van der Waals surface area contributed by atoms with Crippen LogP contribution in [-0.2, 0) is 5.41 Å². The maximum absolute atomic E-state index is 5.47. The van der Waals surface area contributed by atoms with Gasteiger partial charge in [0, 0.05) is 31.3 Å². The van der Waals surface area contributed by atoms with Crippen LogP contribution in [0.4, 0.5) is 0 Å². The van der Waals surface area contributed by atoms with E-state index in [1.165, 1.54) is 48.0 Å². The summed E-state index contributed by atoms with van der Waals surface area (Å²) < 4.78 is 2.49. The number of hydrogen-bond donors (Lipinski definition) is 0. The smallest absolute Gasteiger partial charge is 0.163 e. The Labute approximate surface area is 294 Å². The summed E-state index contributed by atoms with van der Waals surface area (Å²) in [6.45, 7) is 0. The minimum Gasteiger partial charge on any atom is -0.211 e. The van der Waals surface area contributed by atoms with E-state index < -0.39 is 5.41 Å². The Balaban J connectivity index is 1.25. The van der Waals surface area contributed by atoms with Gasteiger partial charge in [0.25, 0.3) is 0 Å². The van der Waals surface area contributed by atoms with Gasteiger partial charge in [-0.05, 0) is 51.1 Å². The summed E-state index contributed by atoms with van der Waals surface area (Å²) in [5.41, 5.74) is 9.38. The molecule has 9 aromatic rings. The van der Waals surface area contributed by atoms with Crippen LogP contribution in [0.25, 0.3) is 65.2 Å². The van der Waals surface area contributed by atoms with Crippen molar-refractivity contribution in [2.45, 2.75) is 5.41 Å². The molecular formula is C46H29N3S. The molecule has 0 fully saturated rings. The highest BCUT2D eigenvalue weighted by Crippen LogP contribution is 2.55. The Hall–Kier alpha value is -6.23. The predicted octanol–water partition coefficient (Wildman–Crippen LogP) is 11.6. The molecule has 2 aromatic heterocycles. The molecule has 0 amide bonds. The lowest BCUT2D eigenvalue weighted by molar-refractivity contribution is 0.692. The summed E-state index contributed by atoms with van der Waals surface area (Å²) in [5.74, 6) is 2.02. The van der Waals surface area contributed by atoms with Crippen molar-refractivity contribution in [3.8, 4) is 45.0 Å². The normalized spacial score (nSPS) is 13.0. The van der Waals surface area contributed by atoms with Gasteiger partial charge in [-0.25, -0.2) is 15.0 Å². The first kappa shape index (κ1) is 28.8. The van der Waals surface area contributed by atoms with Crippen LogP contribution in [0.15, 0.2) is 176 Å². The Morgan fingerprint density at radius 2 is 0.900 bits per heavy atom. The highest BCUT2D eigenvalue weighted by molar-refractivity contribution is 7.25. The quantitative estimate of drug-likeness (QED) is 0.185. The second-order valence-electron chi connectivity index (χ2n) is 12.8. The van der Waals surface area contributed by atoms with E-state index in [-0.39, 0.29) is 0 Å². The van der Waals surface area contributed by atoms with Crippen LogP contribution in [0.5, 0.6) is 0 Å². The Bertz CT molecular complexity index is 2650. The van der Waals surface area contributed by atoms with Crippen LogP contribution in [0.1, 0.15) is 22.5 Å². The van der Waals surface area contributed by atoms with Crippen molar-refractivity contribution in [1.29, 1.82) is 0 Å². The third-order valence-corrected chi connectivity index (χ3v) is 11.2. The molecule has 0 spiro atoms. The van der Waals surface area contributed by atoms with E-state index in [0.29, 0.717) is 17.5 Å². The van der Waals surface area contributed by atoms with Gasteiger partial charge >= 0.3 is 0 Å². The van der Waals surface area contributed by atoms with Gasteiger partial charge in [0.2, 0.25) is 0 Å². The zero-order valence-corrected chi connectivity index (χ0v) is 27.8. The first-order chi connectivity index (χ1) is 24.8. The highest BCUT2D eigenvalue weighted by Gasteiger charge is 2.48. The van der Waals surface area contributed by atoms with Crippen molar-refractivity contribution in [2.75, 3.05) is 0 Å². The molecule has 0 bridgehead atoms. The van der Waals surface area contributed by atoms with Gasteiger partial charge in [0.15, 0.2) is 17.5 Å². The second kappa shape index (κ2) is 11.4. The van der Waals surface area contributed by atoms with E-state index in [1.54, 1.807) is 11.3 Å². The summed E-state index contributed by atoms with van der Waals surface area (Å²) in [6.07, 6.45) is 0. The third-order valence-electron chi connectivity index (χ3n) is 10.0. The zero-order valence-electron chi connectivity index (χ0n) is 27.0. The maximum atomic E-state index is 5.47. The lowest BCUT2D eigenvalue weighted by Crippen LogP contribution is -2.31. The molecule has 1 aliphatic carbocycles. The Morgan fingerprint density at radius 1 is 0.380 bits per heavy atom. The number of hydrogen-bond acceptors (Lipinski definition) is 4. The van der Waals surface area contributed by atoms with Crippen molar-refractivity contribution in [2.24, 2.45) is 0 Å². The molecule has 0 unspecified atom stereocenters. The average molecular weight is 656 g/mol. The first-order valence-corrected chi connectivity index (χ1v) is 17.7. The lowest BCUT2D eigenvalue weighted by atomic mass is 9.71. The molecule has 0 aliphatic heterocycles. The summed E-state index contributed by atoms with van der Waals surface area (Å²) in [7, 11) is 0. The minimum atomic E-state index is -0.743. The van der Waals surface area contributed by atoms with Crippen LogP contribution < -0.4 is 0 Å². The topological polar surface area (TPSA) is 38.7 Å². The van der Waals surface area contributed by atoms with E-state index in [0.717, 1.165) is 22.3 Å².